The summed E-state index contributed by atoms with van der Waals surface area (Å²) in [5.41, 5.74) is 19.7. The van der Waals surface area contributed by atoms with E-state index < -0.39 is 5.41 Å². The van der Waals surface area contributed by atoms with Gasteiger partial charge in [0.1, 0.15) is 0 Å². The number of Topliss-reactive ketones (excluding diaryl/α,β-unsaturated/α-hetero) is 2. The number of fused-ring (bicyclic) bond motifs is 6. The minimum atomic E-state index is -0.393. The van der Waals surface area contributed by atoms with Gasteiger partial charge in [0, 0.05) is 18.4 Å². The number of hydrogen-bond acceptors (Lipinski definition) is 3. The first-order valence-electron chi connectivity index (χ1n) is 22.2. The third-order valence-electron chi connectivity index (χ3n) is 13.8. The molecule has 5 heteroatoms. The van der Waals surface area contributed by atoms with Crippen molar-refractivity contribution >= 4 is 51.4 Å². The summed E-state index contributed by atoms with van der Waals surface area (Å²) < 4.78 is 1.22. The SMILES string of the molecule is CCC1(C2=Cc3ccccc3C2)C(=O)Cc2ccccc21.CCI.O=C1Cc2ccccc2C1=C1Cc2ccccc2C1.[Li+].[O-]C1=C(C2Cc3ccccc3C2)c2ccccc2C1. The number of ketones is 2. The van der Waals surface area contributed by atoms with E-state index >= 15 is 0 Å². The number of alkyl halides is 1. The van der Waals surface area contributed by atoms with Crippen molar-refractivity contribution < 1.29 is 33.6 Å². The van der Waals surface area contributed by atoms with E-state index in [0.29, 0.717) is 42.5 Å². The van der Waals surface area contributed by atoms with Crippen molar-refractivity contribution in [1.82, 2.24) is 0 Å². The van der Waals surface area contributed by atoms with Crippen LogP contribution in [0.5, 0.6) is 0 Å². The molecule has 0 spiro atoms. The molecule has 0 amide bonds. The van der Waals surface area contributed by atoms with Crippen LogP contribution in [0.1, 0.15) is 87.0 Å². The smallest absolute Gasteiger partial charge is 0.875 e. The number of halogens is 1. The van der Waals surface area contributed by atoms with Crippen molar-refractivity contribution in [3.05, 3.63) is 229 Å². The first-order chi connectivity index (χ1) is 30.3. The maximum Gasteiger partial charge on any atom is 1.00 e. The van der Waals surface area contributed by atoms with Crippen molar-refractivity contribution in [1.29, 1.82) is 0 Å². The quantitative estimate of drug-likeness (QED) is 0.0774. The van der Waals surface area contributed by atoms with E-state index in [1.54, 1.807) is 0 Å². The molecular formula is C58H52ILiO3. The maximum absolute atomic E-state index is 12.9. The third-order valence-corrected chi connectivity index (χ3v) is 13.8. The predicted molar refractivity (Wildman–Crippen MR) is 260 cm³/mol. The fourth-order valence-electron chi connectivity index (χ4n) is 11.0. The topological polar surface area (TPSA) is 57.2 Å². The molecule has 6 aliphatic carbocycles. The molecule has 0 saturated heterocycles. The number of rotatable bonds is 3. The summed E-state index contributed by atoms with van der Waals surface area (Å²) in [4.78, 5) is 25.2. The second-order valence-electron chi connectivity index (χ2n) is 17.2. The number of carbonyl (C=O) groups excluding carboxylic acids is 2. The first-order valence-corrected chi connectivity index (χ1v) is 23.8. The van der Waals surface area contributed by atoms with E-state index in [9.17, 15) is 14.7 Å². The normalized spacial score (nSPS) is 18.3. The van der Waals surface area contributed by atoms with E-state index in [-0.39, 0.29) is 18.9 Å². The van der Waals surface area contributed by atoms with Crippen LogP contribution in [0.3, 0.4) is 0 Å². The van der Waals surface area contributed by atoms with Gasteiger partial charge in [0.15, 0.2) is 11.6 Å². The summed E-state index contributed by atoms with van der Waals surface area (Å²) in [5, 5.41) is 12.3. The van der Waals surface area contributed by atoms with E-state index in [4.69, 9.17) is 0 Å². The molecule has 1 unspecified atom stereocenters. The molecule has 12 rings (SSSR count). The second-order valence-corrected chi connectivity index (χ2v) is 18.8. The molecule has 6 aromatic rings. The second kappa shape index (κ2) is 19.4. The zero-order valence-corrected chi connectivity index (χ0v) is 38.8. The number of carbonyl (C=O) groups is 2. The van der Waals surface area contributed by atoms with Crippen molar-refractivity contribution in [3.63, 3.8) is 0 Å². The van der Waals surface area contributed by atoms with Crippen molar-refractivity contribution in [2.75, 3.05) is 4.43 Å². The molecule has 63 heavy (non-hydrogen) atoms. The molecule has 0 fully saturated rings. The van der Waals surface area contributed by atoms with Crippen molar-refractivity contribution in [2.45, 2.75) is 77.0 Å². The molecule has 6 aromatic carbocycles. The van der Waals surface area contributed by atoms with Gasteiger partial charge in [0.2, 0.25) is 0 Å². The van der Waals surface area contributed by atoms with E-state index in [0.717, 1.165) is 55.2 Å². The summed E-state index contributed by atoms with van der Waals surface area (Å²) in [6.45, 7) is 4.25. The molecule has 0 aliphatic heterocycles. The average molecular weight is 931 g/mol. The minimum absolute atomic E-state index is 0. The Morgan fingerprint density at radius 3 is 1.65 bits per heavy atom. The molecule has 3 nitrogen and oxygen atoms in total. The van der Waals surface area contributed by atoms with Crippen molar-refractivity contribution in [3.8, 4) is 0 Å². The van der Waals surface area contributed by atoms with Gasteiger partial charge in [0.05, 0.1) is 5.41 Å². The van der Waals surface area contributed by atoms with Crippen LogP contribution in [0.15, 0.2) is 162 Å². The molecule has 0 N–H and O–H groups in total. The Hall–Kier alpha value is -4.99. The van der Waals surface area contributed by atoms with Crippen LogP contribution >= 0.6 is 22.6 Å². The zero-order valence-electron chi connectivity index (χ0n) is 36.7. The van der Waals surface area contributed by atoms with Crippen LogP contribution in [0.2, 0.25) is 0 Å². The molecule has 0 heterocycles. The molecule has 0 radical (unpaired) electrons. The van der Waals surface area contributed by atoms with Gasteiger partial charge in [-0.3, -0.25) is 9.59 Å². The monoisotopic (exact) mass is 930 g/mol. The van der Waals surface area contributed by atoms with Gasteiger partial charge in [-0.15, -0.1) is 5.76 Å². The minimum Gasteiger partial charge on any atom is -0.875 e. The Morgan fingerprint density at radius 2 is 1.05 bits per heavy atom. The summed E-state index contributed by atoms with van der Waals surface area (Å²) in [5.74, 6) is 1.38. The molecule has 0 saturated carbocycles. The van der Waals surface area contributed by atoms with Crippen molar-refractivity contribution in [2.24, 2.45) is 5.92 Å². The standard InChI is InChI=1S/C20H18O.C18H16O.C18H14O.C2H5I.Li/c1-2-20(17-11-14-7-3-4-8-15(14)12-17)18-10-6-5-9-16(18)13-19(20)21;2*19-17-11-14-7-3-4-8-16(14)18(17)15-9-12-5-1-2-6-13(12)10-15;1-2-3;/h3-11H,2,12-13H2,1H3;1-8,15,19H,9-11H2;1-8H,9-11H2;2H2,1H3;/q;;;;+1/p-1. The fraction of sp³-hybridized carbons (Fsp3) is 0.241. The van der Waals surface area contributed by atoms with E-state index in [1.165, 1.54) is 76.8 Å². The Balaban J connectivity index is 0.000000125. The Labute approximate surface area is 398 Å². The molecule has 0 bridgehead atoms. The number of hydrogen-bond donors (Lipinski definition) is 0. The van der Waals surface area contributed by atoms with Crippen LogP contribution < -0.4 is 24.0 Å². The van der Waals surface area contributed by atoms with Crippen LogP contribution in [0, 0.1) is 5.92 Å². The molecular weight excluding hydrogens is 878 g/mol. The van der Waals surface area contributed by atoms with Gasteiger partial charge < -0.3 is 5.11 Å². The largest absolute Gasteiger partial charge is 1.00 e. The number of allylic oxidation sites excluding steroid dienone is 5. The summed E-state index contributed by atoms with van der Waals surface area (Å²) in [7, 11) is 0. The van der Waals surface area contributed by atoms with Gasteiger partial charge in [0.25, 0.3) is 0 Å². The molecule has 0 aromatic heterocycles. The van der Waals surface area contributed by atoms with Gasteiger partial charge in [-0.2, -0.15) is 0 Å². The van der Waals surface area contributed by atoms with Crippen LogP contribution in [-0.4, -0.2) is 16.0 Å². The molecule has 6 aliphatic rings. The summed E-state index contributed by atoms with van der Waals surface area (Å²) in [6.07, 6.45) is 9.67. The number of benzene rings is 6. The van der Waals surface area contributed by atoms with E-state index in [2.05, 4.69) is 158 Å². The van der Waals surface area contributed by atoms with Crippen LogP contribution in [0.25, 0.3) is 17.2 Å². The average Bonchev–Trinajstić information content (AvgIpc) is 4.14. The molecule has 1 atom stereocenters. The zero-order chi connectivity index (χ0) is 42.8. The van der Waals surface area contributed by atoms with Gasteiger partial charge >= 0.3 is 18.9 Å². The maximum atomic E-state index is 12.9. The Morgan fingerprint density at radius 1 is 0.556 bits per heavy atom. The van der Waals surface area contributed by atoms with Crippen LogP contribution in [-0.2, 0) is 66.4 Å². The summed E-state index contributed by atoms with van der Waals surface area (Å²) >= 11 is 2.29. The van der Waals surface area contributed by atoms with Crippen LogP contribution in [0.4, 0.5) is 0 Å². The fourth-order valence-corrected chi connectivity index (χ4v) is 11.0. The Kier molecular flexibility index (Phi) is 13.7. The molecule has 310 valence electrons. The third kappa shape index (κ3) is 8.55. The van der Waals surface area contributed by atoms with Gasteiger partial charge in [-0.05, 0) is 139 Å². The first kappa shape index (κ1) is 44.6. The Bertz CT molecular complexity index is 2760. The predicted octanol–water partition coefficient (Wildman–Crippen LogP) is 8.64. The van der Waals surface area contributed by atoms with Gasteiger partial charge in [-0.1, -0.05) is 188 Å². The van der Waals surface area contributed by atoms with E-state index in [1.807, 2.05) is 30.3 Å². The van der Waals surface area contributed by atoms with Gasteiger partial charge in [-0.25, -0.2) is 0 Å². The summed E-state index contributed by atoms with van der Waals surface area (Å²) in [6, 6.07) is 50.4.